The lowest BCUT2D eigenvalue weighted by molar-refractivity contribution is -0.122. The zero-order chi connectivity index (χ0) is 17.1. The summed E-state index contributed by atoms with van der Waals surface area (Å²) in [4.78, 5) is 27.5. The third-order valence-electron chi connectivity index (χ3n) is 3.88. The van der Waals surface area contributed by atoms with E-state index in [1.165, 1.54) is 11.3 Å². The second-order valence-corrected chi connectivity index (χ2v) is 7.39. The lowest BCUT2D eigenvalue weighted by Gasteiger charge is -2.16. The number of carbonyl (C=O) groups is 2. The third-order valence-corrected chi connectivity index (χ3v) is 5.61. The summed E-state index contributed by atoms with van der Waals surface area (Å²) in [6.07, 6.45) is 3.01. The van der Waals surface area contributed by atoms with E-state index in [-0.39, 0.29) is 24.2 Å². The van der Waals surface area contributed by atoms with Gasteiger partial charge in [0.25, 0.3) is 0 Å². The van der Waals surface area contributed by atoms with Crippen LogP contribution in [0.1, 0.15) is 18.4 Å². The number of aryl methyl sites for hydroxylation is 1. The van der Waals surface area contributed by atoms with E-state index in [4.69, 9.17) is 0 Å². The molecule has 1 saturated heterocycles. The summed E-state index contributed by atoms with van der Waals surface area (Å²) in [5.74, 6) is -0.573. The van der Waals surface area contributed by atoms with Gasteiger partial charge in [0.1, 0.15) is 5.01 Å². The molecule has 3 rings (SSSR count). The Labute approximate surface area is 148 Å². The van der Waals surface area contributed by atoms with Gasteiger partial charge in [-0.2, -0.15) is 0 Å². The van der Waals surface area contributed by atoms with Crippen molar-refractivity contribution in [2.75, 3.05) is 23.0 Å². The SMILES string of the molecule is CCc1nnc(NC(=O)C2CC(=O)N(c3ccc(SC)cc3)C2)s1. The van der Waals surface area contributed by atoms with Crippen molar-refractivity contribution >= 4 is 45.7 Å². The van der Waals surface area contributed by atoms with Crippen LogP contribution >= 0.6 is 23.1 Å². The third kappa shape index (κ3) is 3.59. The number of amides is 2. The lowest BCUT2D eigenvalue weighted by Crippen LogP contribution is -2.28. The van der Waals surface area contributed by atoms with Gasteiger partial charge < -0.3 is 10.2 Å². The summed E-state index contributed by atoms with van der Waals surface area (Å²) in [5.41, 5.74) is 0.831. The number of benzene rings is 1. The molecule has 0 radical (unpaired) electrons. The van der Waals surface area contributed by atoms with Crippen molar-refractivity contribution in [1.29, 1.82) is 0 Å². The van der Waals surface area contributed by atoms with E-state index in [0.29, 0.717) is 11.7 Å². The van der Waals surface area contributed by atoms with Crippen LogP contribution in [-0.4, -0.2) is 34.8 Å². The zero-order valence-electron chi connectivity index (χ0n) is 13.5. The van der Waals surface area contributed by atoms with Crippen molar-refractivity contribution in [3.8, 4) is 0 Å². The van der Waals surface area contributed by atoms with Crippen LogP contribution in [0.3, 0.4) is 0 Å². The maximum absolute atomic E-state index is 12.4. The fourth-order valence-electron chi connectivity index (χ4n) is 2.55. The smallest absolute Gasteiger partial charge is 0.231 e. The molecule has 1 aliphatic rings. The first kappa shape index (κ1) is 16.9. The highest BCUT2D eigenvalue weighted by atomic mass is 32.2. The van der Waals surface area contributed by atoms with E-state index in [1.54, 1.807) is 16.7 Å². The molecule has 1 aromatic heterocycles. The summed E-state index contributed by atoms with van der Waals surface area (Å²) in [7, 11) is 0. The number of rotatable bonds is 5. The second-order valence-electron chi connectivity index (χ2n) is 5.45. The Bertz CT molecular complexity index is 745. The fourth-order valence-corrected chi connectivity index (χ4v) is 3.64. The zero-order valence-corrected chi connectivity index (χ0v) is 15.1. The molecule has 2 amide bonds. The highest BCUT2D eigenvalue weighted by molar-refractivity contribution is 7.98. The van der Waals surface area contributed by atoms with Gasteiger partial charge in [-0.15, -0.1) is 22.0 Å². The first-order valence-corrected chi connectivity index (χ1v) is 9.72. The summed E-state index contributed by atoms with van der Waals surface area (Å²) in [6, 6.07) is 7.80. The summed E-state index contributed by atoms with van der Waals surface area (Å²) < 4.78 is 0. The van der Waals surface area contributed by atoms with Crippen LogP contribution in [-0.2, 0) is 16.0 Å². The molecule has 1 aromatic carbocycles. The summed E-state index contributed by atoms with van der Waals surface area (Å²) in [6.45, 7) is 2.38. The van der Waals surface area contributed by atoms with Crippen molar-refractivity contribution in [3.05, 3.63) is 29.3 Å². The van der Waals surface area contributed by atoms with Gasteiger partial charge in [0.05, 0.1) is 5.92 Å². The lowest BCUT2D eigenvalue weighted by atomic mass is 10.1. The highest BCUT2D eigenvalue weighted by Crippen LogP contribution is 2.28. The predicted octanol–water partition coefficient (Wildman–Crippen LogP) is 2.81. The minimum atomic E-state index is -0.369. The molecule has 1 unspecified atom stereocenters. The van der Waals surface area contributed by atoms with Crippen molar-refractivity contribution in [2.45, 2.75) is 24.7 Å². The quantitative estimate of drug-likeness (QED) is 0.828. The van der Waals surface area contributed by atoms with E-state index in [9.17, 15) is 9.59 Å². The average molecular weight is 362 g/mol. The highest BCUT2D eigenvalue weighted by Gasteiger charge is 2.35. The summed E-state index contributed by atoms with van der Waals surface area (Å²) in [5, 5.41) is 12.1. The van der Waals surface area contributed by atoms with Crippen LogP contribution in [0.4, 0.5) is 10.8 Å². The molecular weight excluding hydrogens is 344 g/mol. The molecule has 1 atom stereocenters. The largest absolute Gasteiger partial charge is 0.312 e. The van der Waals surface area contributed by atoms with Crippen LogP contribution in [0.5, 0.6) is 0 Å². The Balaban J connectivity index is 1.65. The molecule has 0 bridgehead atoms. The number of nitrogens with one attached hydrogen (secondary N) is 1. The van der Waals surface area contributed by atoms with Crippen molar-refractivity contribution in [2.24, 2.45) is 5.92 Å². The Hall–Kier alpha value is -1.93. The van der Waals surface area contributed by atoms with E-state index in [2.05, 4.69) is 15.5 Å². The first-order valence-electron chi connectivity index (χ1n) is 7.68. The second kappa shape index (κ2) is 7.31. The normalized spacial score (nSPS) is 17.3. The fraction of sp³-hybridized carbons (Fsp3) is 0.375. The topological polar surface area (TPSA) is 75.2 Å². The van der Waals surface area contributed by atoms with Crippen LogP contribution in [0.25, 0.3) is 0 Å². The number of hydrogen-bond acceptors (Lipinski definition) is 6. The number of aromatic nitrogens is 2. The van der Waals surface area contributed by atoms with Crippen LogP contribution < -0.4 is 10.2 Å². The van der Waals surface area contributed by atoms with Crippen LogP contribution in [0, 0.1) is 5.92 Å². The molecule has 126 valence electrons. The Morgan fingerprint density at radius 2 is 2.12 bits per heavy atom. The van der Waals surface area contributed by atoms with Crippen molar-refractivity contribution in [1.82, 2.24) is 10.2 Å². The predicted molar refractivity (Wildman–Crippen MR) is 96.6 cm³/mol. The van der Waals surface area contributed by atoms with Crippen LogP contribution in [0.2, 0.25) is 0 Å². The van der Waals surface area contributed by atoms with E-state index in [1.807, 2.05) is 37.4 Å². The molecular formula is C16H18N4O2S2. The molecule has 6 nitrogen and oxygen atoms in total. The number of carbonyl (C=O) groups excluding carboxylic acids is 2. The van der Waals surface area contributed by atoms with Gasteiger partial charge in [0.15, 0.2) is 0 Å². The maximum atomic E-state index is 12.4. The van der Waals surface area contributed by atoms with Gasteiger partial charge in [-0.3, -0.25) is 9.59 Å². The Morgan fingerprint density at radius 3 is 2.75 bits per heavy atom. The van der Waals surface area contributed by atoms with Gasteiger partial charge in [-0.05, 0) is 36.9 Å². The van der Waals surface area contributed by atoms with Gasteiger partial charge in [-0.25, -0.2) is 0 Å². The van der Waals surface area contributed by atoms with Crippen molar-refractivity contribution in [3.63, 3.8) is 0 Å². The van der Waals surface area contributed by atoms with E-state index >= 15 is 0 Å². The van der Waals surface area contributed by atoms with E-state index < -0.39 is 0 Å². The number of anilines is 2. The Morgan fingerprint density at radius 1 is 1.38 bits per heavy atom. The molecule has 8 heteroatoms. The Kier molecular flexibility index (Phi) is 5.15. The molecule has 1 fully saturated rings. The molecule has 2 aromatic rings. The molecule has 0 saturated carbocycles. The molecule has 2 heterocycles. The van der Waals surface area contributed by atoms with Gasteiger partial charge in [0, 0.05) is 23.5 Å². The van der Waals surface area contributed by atoms with Crippen molar-refractivity contribution < 1.29 is 9.59 Å². The number of hydrogen-bond donors (Lipinski definition) is 1. The molecule has 0 spiro atoms. The maximum Gasteiger partial charge on any atom is 0.231 e. The van der Waals surface area contributed by atoms with Gasteiger partial charge in [-0.1, -0.05) is 18.3 Å². The monoisotopic (exact) mass is 362 g/mol. The minimum absolute atomic E-state index is 0.0291. The average Bonchev–Trinajstić information content (AvgIpc) is 3.21. The van der Waals surface area contributed by atoms with Crippen LogP contribution in [0.15, 0.2) is 29.2 Å². The molecule has 24 heavy (non-hydrogen) atoms. The first-order chi connectivity index (χ1) is 11.6. The standard InChI is InChI=1S/C16H18N4O2S2/c1-3-13-18-19-16(24-13)17-15(22)10-8-14(21)20(9-10)11-4-6-12(23-2)7-5-11/h4-7,10H,3,8-9H2,1-2H3,(H,17,19,22). The number of thioether (sulfide) groups is 1. The number of nitrogens with zero attached hydrogens (tertiary/aromatic N) is 3. The summed E-state index contributed by atoms with van der Waals surface area (Å²) >= 11 is 3.02. The molecule has 1 aliphatic heterocycles. The molecule has 1 N–H and O–H groups in total. The van der Waals surface area contributed by atoms with Gasteiger partial charge in [0.2, 0.25) is 16.9 Å². The molecule has 0 aliphatic carbocycles. The van der Waals surface area contributed by atoms with Gasteiger partial charge >= 0.3 is 0 Å². The minimum Gasteiger partial charge on any atom is -0.312 e. The van der Waals surface area contributed by atoms with E-state index in [0.717, 1.165) is 22.0 Å².